The lowest BCUT2D eigenvalue weighted by Crippen LogP contribution is -2.26. The second kappa shape index (κ2) is 6.55. The van der Waals surface area contributed by atoms with Crippen LogP contribution in [0.3, 0.4) is 0 Å². The molecule has 0 spiro atoms. The summed E-state index contributed by atoms with van der Waals surface area (Å²) < 4.78 is 10.2. The fourth-order valence-corrected chi connectivity index (χ4v) is 1.47. The highest BCUT2D eigenvalue weighted by Crippen LogP contribution is 2.14. The molecular weight excluding hydrogens is 248 g/mol. The van der Waals surface area contributed by atoms with Gasteiger partial charge in [0.1, 0.15) is 24.3 Å². The van der Waals surface area contributed by atoms with Crippen molar-refractivity contribution < 1.29 is 19.2 Å². The summed E-state index contributed by atoms with van der Waals surface area (Å²) in [6.07, 6.45) is 1.47. The Morgan fingerprint density at radius 1 is 1.42 bits per heavy atom. The number of nitrogens with one attached hydrogen (secondary N) is 1. The van der Waals surface area contributed by atoms with E-state index in [4.69, 9.17) is 14.4 Å². The Bertz CT molecular complexity index is 525. The fraction of sp³-hybridized carbons (Fsp3) is 0.231. The van der Waals surface area contributed by atoms with E-state index in [1.165, 1.54) is 6.26 Å². The van der Waals surface area contributed by atoms with Gasteiger partial charge in [-0.2, -0.15) is 0 Å². The van der Waals surface area contributed by atoms with Crippen molar-refractivity contribution in [3.05, 3.63) is 47.9 Å². The molecule has 2 rings (SSSR count). The van der Waals surface area contributed by atoms with Crippen LogP contribution < -0.4 is 10.1 Å². The minimum atomic E-state index is -0.249. The minimum absolute atomic E-state index is 0.0892. The highest BCUT2D eigenvalue weighted by atomic mass is 16.5. The molecule has 0 bridgehead atoms. The predicted octanol–water partition coefficient (Wildman–Crippen LogP) is 0.976. The van der Waals surface area contributed by atoms with Gasteiger partial charge in [0.25, 0.3) is 5.91 Å². The zero-order chi connectivity index (χ0) is 13.5. The molecule has 19 heavy (non-hydrogen) atoms. The molecule has 100 valence electrons. The van der Waals surface area contributed by atoms with E-state index in [1.54, 1.807) is 30.3 Å². The van der Waals surface area contributed by atoms with Gasteiger partial charge < -0.3 is 19.7 Å². The summed E-state index contributed by atoms with van der Waals surface area (Å²) in [4.78, 5) is 11.7. The van der Waals surface area contributed by atoms with Gasteiger partial charge in [-0.3, -0.25) is 4.79 Å². The molecule has 6 heteroatoms. The van der Waals surface area contributed by atoms with Gasteiger partial charge in [0, 0.05) is 18.2 Å². The van der Waals surface area contributed by atoms with Crippen molar-refractivity contribution in [3.63, 3.8) is 0 Å². The van der Waals surface area contributed by atoms with Crippen molar-refractivity contribution in [2.75, 3.05) is 13.2 Å². The van der Waals surface area contributed by atoms with E-state index in [-0.39, 0.29) is 25.7 Å². The number of aromatic nitrogens is 1. The maximum absolute atomic E-state index is 11.7. The number of amides is 1. The summed E-state index contributed by atoms with van der Waals surface area (Å²) in [5.41, 5.74) is 1.15. The van der Waals surface area contributed by atoms with Crippen LogP contribution >= 0.6 is 0 Å². The zero-order valence-corrected chi connectivity index (χ0v) is 10.2. The van der Waals surface area contributed by atoms with E-state index in [9.17, 15) is 4.79 Å². The van der Waals surface area contributed by atoms with Crippen LogP contribution in [0.5, 0.6) is 5.75 Å². The van der Waals surface area contributed by atoms with Gasteiger partial charge >= 0.3 is 0 Å². The van der Waals surface area contributed by atoms with E-state index in [2.05, 4.69) is 10.5 Å². The van der Waals surface area contributed by atoms with Crippen LogP contribution in [0.25, 0.3) is 0 Å². The highest BCUT2D eigenvalue weighted by Gasteiger charge is 2.06. The first-order valence-electron chi connectivity index (χ1n) is 5.81. The fourth-order valence-electron chi connectivity index (χ4n) is 1.47. The smallest absolute Gasteiger partial charge is 0.251 e. The number of ether oxygens (including phenoxy) is 1. The Balaban J connectivity index is 1.96. The van der Waals surface area contributed by atoms with Crippen molar-refractivity contribution in [1.82, 2.24) is 10.5 Å². The predicted molar refractivity (Wildman–Crippen MR) is 66.7 cm³/mol. The maximum Gasteiger partial charge on any atom is 0.251 e. The molecule has 0 saturated heterocycles. The van der Waals surface area contributed by atoms with Gasteiger partial charge in [0.15, 0.2) is 0 Å². The number of hydrogen-bond acceptors (Lipinski definition) is 5. The van der Waals surface area contributed by atoms with Crippen molar-refractivity contribution in [1.29, 1.82) is 0 Å². The van der Waals surface area contributed by atoms with Crippen LogP contribution in [0.2, 0.25) is 0 Å². The summed E-state index contributed by atoms with van der Waals surface area (Å²) in [5.74, 6) is 0.320. The average molecular weight is 262 g/mol. The molecule has 0 radical (unpaired) electrons. The molecule has 1 heterocycles. The van der Waals surface area contributed by atoms with Gasteiger partial charge in [-0.15, -0.1) is 0 Å². The Hall–Kier alpha value is -2.34. The van der Waals surface area contributed by atoms with Crippen LogP contribution in [-0.4, -0.2) is 29.3 Å². The quantitative estimate of drug-likeness (QED) is 0.810. The normalized spacial score (nSPS) is 10.2. The molecule has 0 aliphatic rings. The summed E-state index contributed by atoms with van der Waals surface area (Å²) in [6.45, 7) is 0.412. The zero-order valence-electron chi connectivity index (χ0n) is 10.2. The van der Waals surface area contributed by atoms with Crippen molar-refractivity contribution >= 4 is 5.91 Å². The molecule has 6 nitrogen and oxygen atoms in total. The molecular formula is C13H14N2O4. The summed E-state index contributed by atoms with van der Waals surface area (Å²) in [5, 5.41) is 14.9. The SMILES string of the molecule is O=C(NCCO)c1cccc(OCc2ccon2)c1. The van der Waals surface area contributed by atoms with Crippen molar-refractivity contribution in [2.45, 2.75) is 6.61 Å². The molecule has 0 unspecified atom stereocenters. The Labute approximate surface area is 110 Å². The number of aliphatic hydroxyl groups excluding tert-OH is 1. The van der Waals surface area contributed by atoms with Gasteiger partial charge in [0.2, 0.25) is 0 Å². The first-order valence-corrected chi connectivity index (χ1v) is 5.81. The third-order valence-corrected chi connectivity index (χ3v) is 2.37. The third kappa shape index (κ3) is 3.82. The third-order valence-electron chi connectivity index (χ3n) is 2.37. The lowest BCUT2D eigenvalue weighted by atomic mass is 10.2. The molecule has 0 aliphatic carbocycles. The van der Waals surface area contributed by atoms with Crippen LogP contribution in [0, 0.1) is 0 Å². The number of benzene rings is 1. The summed E-state index contributed by atoms with van der Waals surface area (Å²) in [7, 11) is 0. The number of aliphatic hydroxyl groups is 1. The number of nitrogens with zero attached hydrogens (tertiary/aromatic N) is 1. The number of hydrogen-bond donors (Lipinski definition) is 2. The lowest BCUT2D eigenvalue weighted by molar-refractivity contribution is 0.0944. The Morgan fingerprint density at radius 2 is 2.32 bits per heavy atom. The first kappa shape index (κ1) is 13.1. The average Bonchev–Trinajstić information content (AvgIpc) is 2.96. The molecule has 2 aromatic rings. The number of carbonyl (C=O) groups excluding carboxylic acids is 1. The Kier molecular flexibility index (Phi) is 4.52. The van der Waals surface area contributed by atoms with Gasteiger partial charge in [-0.25, -0.2) is 0 Å². The molecule has 0 aliphatic heterocycles. The van der Waals surface area contributed by atoms with E-state index in [0.29, 0.717) is 17.0 Å². The van der Waals surface area contributed by atoms with Crippen LogP contribution in [0.4, 0.5) is 0 Å². The topological polar surface area (TPSA) is 84.6 Å². The molecule has 2 N–H and O–H groups in total. The van der Waals surface area contributed by atoms with Gasteiger partial charge in [-0.1, -0.05) is 11.2 Å². The van der Waals surface area contributed by atoms with E-state index >= 15 is 0 Å². The lowest BCUT2D eigenvalue weighted by Gasteiger charge is -2.07. The monoisotopic (exact) mass is 262 g/mol. The Morgan fingerprint density at radius 3 is 3.05 bits per heavy atom. The largest absolute Gasteiger partial charge is 0.487 e. The summed E-state index contributed by atoms with van der Waals surface area (Å²) in [6, 6.07) is 8.50. The molecule has 0 atom stereocenters. The highest BCUT2D eigenvalue weighted by molar-refractivity contribution is 5.94. The van der Waals surface area contributed by atoms with Crippen LogP contribution in [-0.2, 0) is 6.61 Å². The van der Waals surface area contributed by atoms with E-state index in [1.807, 2.05) is 0 Å². The number of rotatable bonds is 6. The summed E-state index contributed by atoms with van der Waals surface area (Å²) >= 11 is 0. The second-order valence-electron chi connectivity index (χ2n) is 3.79. The van der Waals surface area contributed by atoms with Crippen LogP contribution in [0.1, 0.15) is 16.1 Å². The molecule has 1 aromatic carbocycles. The minimum Gasteiger partial charge on any atom is -0.487 e. The van der Waals surface area contributed by atoms with Gasteiger partial charge in [-0.05, 0) is 18.2 Å². The first-order chi connectivity index (χ1) is 9.29. The molecule has 0 fully saturated rings. The second-order valence-corrected chi connectivity index (χ2v) is 3.79. The number of carbonyl (C=O) groups is 1. The van der Waals surface area contributed by atoms with Crippen molar-refractivity contribution in [2.24, 2.45) is 0 Å². The molecule has 0 saturated carbocycles. The van der Waals surface area contributed by atoms with Gasteiger partial charge in [0.05, 0.1) is 6.61 Å². The van der Waals surface area contributed by atoms with E-state index < -0.39 is 0 Å². The van der Waals surface area contributed by atoms with E-state index in [0.717, 1.165) is 0 Å². The molecule has 1 aromatic heterocycles. The van der Waals surface area contributed by atoms with Crippen molar-refractivity contribution in [3.8, 4) is 5.75 Å². The maximum atomic E-state index is 11.7. The van der Waals surface area contributed by atoms with Crippen LogP contribution in [0.15, 0.2) is 41.1 Å². The standard InChI is InChI=1S/C13H14N2O4/c16-6-5-14-13(17)10-2-1-3-12(8-10)18-9-11-4-7-19-15-11/h1-4,7-8,16H,5-6,9H2,(H,14,17). The molecule has 1 amide bonds.